The van der Waals surface area contributed by atoms with E-state index < -0.39 is 0 Å². The van der Waals surface area contributed by atoms with Crippen LogP contribution >= 0.6 is 0 Å². The van der Waals surface area contributed by atoms with Gasteiger partial charge in [0, 0.05) is 11.6 Å². The molecule has 0 spiro atoms. The van der Waals surface area contributed by atoms with E-state index in [1.54, 1.807) is 0 Å². The topological polar surface area (TPSA) is 12.9 Å². The molecule has 0 aliphatic carbocycles. The van der Waals surface area contributed by atoms with E-state index in [0.717, 1.165) is 5.52 Å². The largest absolute Gasteiger partial charge is 0.256 e. The fraction of sp³-hybridized carbons (Fsp3) is 0. The monoisotopic (exact) mass is 303 g/mol. The SMILES string of the molecule is c1ccc2c(c1)cc1cccc3c4ccnc5cccc(c54)c2c13. The maximum atomic E-state index is 4.60. The summed E-state index contributed by atoms with van der Waals surface area (Å²) in [7, 11) is 0. The second-order valence-electron chi connectivity index (χ2n) is 6.43. The minimum Gasteiger partial charge on any atom is -0.256 e. The van der Waals surface area contributed by atoms with Gasteiger partial charge in [-0.25, -0.2) is 0 Å². The number of rotatable bonds is 0. The minimum atomic E-state index is 1.07. The van der Waals surface area contributed by atoms with Gasteiger partial charge in [-0.2, -0.15) is 0 Å². The van der Waals surface area contributed by atoms with Crippen LogP contribution in [0, 0.1) is 0 Å². The fourth-order valence-electron chi connectivity index (χ4n) is 4.27. The van der Waals surface area contributed by atoms with Crippen LogP contribution in [0.15, 0.2) is 79.0 Å². The summed E-state index contributed by atoms with van der Waals surface area (Å²) in [4.78, 5) is 4.60. The van der Waals surface area contributed by atoms with Gasteiger partial charge in [-0.15, -0.1) is 0 Å². The van der Waals surface area contributed by atoms with Crippen LogP contribution in [0.25, 0.3) is 54.0 Å². The number of hydrogen-bond donors (Lipinski definition) is 0. The minimum absolute atomic E-state index is 1.07. The lowest BCUT2D eigenvalue weighted by atomic mass is 9.88. The summed E-state index contributed by atoms with van der Waals surface area (Å²) < 4.78 is 0. The van der Waals surface area contributed by atoms with Crippen molar-refractivity contribution in [1.82, 2.24) is 4.98 Å². The zero-order chi connectivity index (χ0) is 15.7. The highest BCUT2D eigenvalue weighted by molar-refractivity contribution is 6.37. The molecule has 24 heavy (non-hydrogen) atoms. The molecule has 6 rings (SSSR count). The highest BCUT2D eigenvalue weighted by atomic mass is 14.6. The number of nitrogens with zero attached hydrogens (tertiary/aromatic N) is 1. The van der Waals surface area contributed by atoms with Gasteiger partial charge in [0.2, 0.25) is 0 Å². The summed E-state index contributed by atoms with van der Waals surface area (Å²) in [5.74, 6) is 0. The number of aromatic nitrogens is 1. The molecule has 0 amide bonds. The zero-order valence-electron chi connectivity index (χ0n) is 13.0. The lowest BCUT2D eigenvalue weighted by Gasteiger charge is -2.15. The second-order valence-corrected chi connectivity index (χ2v) is 6.43. The molecular formula is C23H13N. The molecule has 1 heterocycles. The van der Waals surface area contributed by atoms with E-state index in [-0.39, 0.29) is 0 Å². The first-order chi connectivity index (χ1) is 11.9. The van der Waals surface area contributed by atoms with Crippen LogP contribution in [-0.4, -0.2) is 4.98 Å². The van der Waals surface area contributed by atoms with Gasteiger partial charge in [-0.1, -0.05) is 54.6 Å². The Kier molecular flexibility index (Phi) is 2.15. The average molecular weight is 303 g/mol. The second kappa shape index (κ2) is 4.21. The molecule has 0 radical (unpaired) electrons. The van der Waals surface area contributed by atoms with E-state index in [2.05, 4.69) is 77.8 Å². The summed E-state index contributed by atoms with van der Waals surface area (Å²) in [5.41, 5.74) is 1.07. The quantitative estimate of drug-likeness (QED) is 0.237. The maximum Gasteiger partial charge on any atom is 0.0714 e. The molecule has 6 aromatic rings. The van der Waals surface area contributed by atoms with Crippen LogP contribution in [0.5, 0.6) is 0 Å². The Morgan fingerprint density at radius 3 is 2.25 bits per heavy atom. The van der Waals surface area contributed by atoms with E-state index in [1.807, 2.05) is 6.20 Å². The molecule has 0 aliphatic heterocycles. The number of fused-ring (bicyclic) bond motifs is 4. The Bertz CT molecular complexity index is 1390. The number of benzene rings is 5. The summed E-state index contributed by atoms with van der Waals surface area (Å²) in [6.07, 6.45) is 1.92. The Balaban J connectivity index is 2.14. The lowest BCUT2D eigenvalue weighted by molar-refractivity contribution is 1.43. The van der Waals surface area contributed by atoms with Crippen molar-refractivity contribution < 1.29 is 0 Å². The van der Waals surface area contributed by atoms with E-state index in [4.69, 9.17) is 0 Å². The third-order valence-corrected chi connectivity index (χ3v) is 5.21. The van der Waals surface area contributed by atoms with Crippen LogP contribution in [0.2, 0.25) is 0 Å². The molecule has 110 valence electrons. The lowest BCUT2D eigenvalue weighted by Crippen LogP contribution is -1.89. The molecule has 1 nitrogen and oxygen atoms in total. The highest BCUT2D eigenvalue weighted by Crippen LogP contribution is 2.42. The highest BCUT2D eigenvalue weighted by Gasteiger charge is 2.15. The fourth-order valence-corrected chi connectivity index (χ4v) is 4.27. The third-order valence-electron chi connectivity index (χ3n) is 5.21. The predicted octanol–water partition coefficient (Wildman–Crippen LogP) is 6.29. The zero-order valence-corrected chi connectivity index (χ0v) is 13.0. The van der Waals surface area contributed by atoms with Crippen LogP contribution in [0.1, 0.15) is 0 Å². The van der Waals surface area contributed by atoms with Crippen molar-refractivity contribution in [3.8, 4) is 0 Å². The first kappa shape index (κ1) is 12.3. The summed E-state index contributed by atoms with van der Waals surface area (Å²) >= 11 is 0. The summed E-state index contributed by atoms with van der Waals surface area (Å²) in [5, 5.41) is 11.8. The number of pyridine rings is 1. The van der Waals surface area contributed by atoms with Crippen molar-refractivity contribution in [2.75, 3.05) is 0 Å². The van der Waals surface area contributed by atoms with Crippen LogP contribution in [-0.2, 0) is 0 Å². The Morgan fingerprint density at radius 2 is 1.25 bits per heavy atom. The summed E-state index contributed by atoms with van der Waals surface area (Å²) in [6, 6.07) is 26.2. The van der Waals surface area contributed by atoms with Gasteiger partial charge in [0.1, 0.15) is 0 Å². The molecule has 0 N–H and O–H groups in total. The molecule has 0 fully saturated rings. The first-order valence-corrected chi connectivity index (χ1v) is 8.25. The van der Waals surface area contributed by atoms with Gasteiger partial charge in [-0.3, -0.25) is 4.98 Å². The van der Waals surface area contributed by atoms with Crippen molar-refractivity contribution in [1.29, 1.82) is 0 Å². The van der Waals surface area contributed by atoms with Gasteiger partial charge in [0.25, 0.3) is 0 Å². The molecule has 1 heteroatoms. The van der Waals surface area contributed by atoms with Crippen molar-refractivity contribution in [2.45, 2.75) is 0 Å². The predicted molar refractivity (Wildman–Crippen MR) is 103 cm³/mol. The normalized spacial score (nSPS) is 12.2. The van der Waals surface area contributed by atoms with E-state index in [1.165, 1.54) is 48.5 Å². The van der Waals surface area contributed by atoms with Crippen molar-refractivity contribution in [3.63, 3.8) is 0 Å². The Labute approximate surface area is 138 Å². The van der Waals surface area contributed by atoms with Crippen LogP contribution < -0.4 is 0 Å². The van der Waals surface area contributed by atoms with Gasteiger partial charge in [0.15, 0.2) is 0 Å². The van der Waals surface area contributed by atoms with Crippen molar-refractivity contribution in [3.05, 3.63) is 79.0 Å². The van der Waals surface area contributed by atoms with Gasteiger partial charge in [-0.05, 0) is 61.3 Å². The average Bonchev–Trinajstić information content (AvgIpc) is 2.64. The molecule has 0 aliphatic rings. The molecule has 0 saturated carbocycles. The van der Waals surface area contributed by atoms with Gasteiger partial charge < -0.3 is 0 Å². The maximum absolute atomic E-state index is 4.60. The molecule has 0 bridgehead atoms. The van der Waals surface area contributed by atoms with E-state index in [9.17, 15) is 0 Å². The molecule has 0 saturated heterocycles. The molecule has 1 aromatic heterocycles. The standard InChI is InChI=1S/C23H13N/c1-2-7-16-14(5-1)13-15-6-3-8-17-18-11-12-24-20-10-4-9-19(22(18)20)23(16)21(15)17/h1-13H. The van der Waals surface area contributed by atoms with E-state index in [0.29, 0.717) is 0 Å². The smallest absolute Gasteiger partial charge is 0.0714 e. The molecular weight excluding hydrogens is 290 g/mol. The van der Waals surface area contributed by atoms with Gasteiger partial charge >= 0.3 is 0 Å². The third kappa shape index (κ3) is 1.38. The summed E-state index contributed by atoms with van der Waals surface area (Å²) in [6.45, 7) is 0. The molecule has 5 aromatic carbocycles. The van der Waals surface area contributed by atoms with Crippen molar-refractivity contribution >= 4 is 54.0 Å². The van der Waals surface area contributed by atoms with E-state index >= 15 is 0 Å². The Morgan fingerprint density at radius 1 is 0.500 bits per heavy atom. The van der Waals surface area contributed by atoms with Gasteiger partial charge in [0.05, 0.1) is 5.52 Å². The molecule has 0 atom stereocenters. The van der Waals surface area contributed by atoms with Crippen LogP contribution in [0.3, 0.4) is 0 Å². The van der Waals surface area contributed by atoms with Crippen LogP contribution in [0.4, 0.5) is 0 Å². The molecule has 0 unspecified atom stereocenters. The number of hydrogen-bond acceptors (Lipinski definition) is 1. The first-order valence-electron chi connectivity index (χ1n) is 8.25. The Hall–Kier alpha value is -3.19. The van der Waals surface area contributed by atoms with Crippen molar-refractivity contribution in [2.24, 2.45) is 0 Å².